The van der Waals surface area contributed by atoms with Gasteiger partial charge in [-0.1, -0.05) is 18.2 Å². The Labute approximate surface area is 129 Å². The minimum Gasteiger partial charge on any atom is -0.388 e. The summed E-state index contributed by atoms with van der Waals surface area (Å²) in [6, 6.07) is 8.05. The van der Waals surface area contributed by atoms with Crippen molar-refractivity contribution in [2.24, 2.45) is 0 Å². The predicted octanol–water partition coefficient (Wildman–Crippen LogP) is 1.61. The molecular formula is C17H22N2O3. The van der Waals surface area contributed by atoms with E-state index in [1.54, 1.807) is 0 Å². The number of carbonyl (C=O) groups is 1. The van der Waals surface area contributed by atoms with E-state index in [1.165, 1.54) is 5.39 Å². The third-order valence-electron chi connectivity index (χ3n) is 4.34. The van der Waals surface area contributed by atoms with Crippen molar-refractivity contribution in [3.05, 3.63) is 36.0 Å². The van der Waals surface area contributed by atoms with E-state index in [0.717, 1.165) is 11.1 Å². The largest absolute Gasteiger partial charge is 0.388 e. The van der Waals surface area contributed by atoms with Crippen molar-refractivity contribution >= 4 is 16.8 Å². The van der Waals surface area contributed by atoms with Crippen molar-refractivity contribution < 1.29 is 14.6 Å². The summed E-state index contributed by atoms with van der Waals surface area (Å²) in [7, 11) is 0. The first-order valence-electron chi connectivity index (χ1n) is 7.69. The first kappa shape index (κ1) is 15.1. The van der Waals surface area contributed by atoms with Gasteiger partial charge in [0.25, 0.3) is 0 Å². The van der Waals surface area contributed by atoms with Crippen molar-refractivity contribution in [1.82, 2.24) is 9.88 Å². The summed E-state index contributed by atoms with van der Waals surface area (Å²) in [5.74, 6) is -0.0827. The number of benzene rings is 1. The second-order valence-corrected chi connectivity index (χ2v) is 6.07. The van der Waals surface area contributed by atoms with Gasteiger partial charge in [0.15, 0.2) is 0 Å². The van der Waals surface area contributed by atoms with Gasteiger partial charge in [0.2, 0.25) is 5.91 Å². The molecule has 1 aliphatic rings. The van der Waals surface area contributed by atoms with Gasteiger partial charge in [-0.25, -0.2) is 0 Å². The predicted molar refractivity (Wildman–Crippen MR) is 84.7 cm³/mol. The number of hydrogen-bond acceptors (Lipinski definition) is 3. The van der Waals surface area contributed by atoms with Crippen molar-refractivity contribution in [2.75, 3.05) is 19.8 Å². The number of rotatable bonds is 4. The first-order valence-corrected chi connectivity index (χ1v) is 7.69. The number of nitrogens with one attached hydrogen (secondary N) is 1. The molecule has 2 N–H and O–H groups in total. The van der Waals surface area contributed by atoms with Gasteiger partial charge in [-0.3, -0.25) is 4.79 Å². The summed E-state index contributed by atoms with van der Waals surface area (Å²) in [6.07, 6.45) is 3.13. The Bertz CT molecular complexity index is 672. The van der Waals surface area contributed by atoms with Gasteiger partial charge in [0.05, 0.1) is 5.60 Å². The lowest BCUT2D eigenvalue weighted by molar-refractivity contribution is -0.124. The summed E-state index contributed by atoms with van der Waals surface area (Å²) in [4.78, 5) is 12.2. The molecule has 1 amide bonds. The van der Waals surface area contributed by atoms with Crippen LogP contribution in [0.2, 0.25) is 0 Å². The summed E-state index contributed by atoms with van der Waals surface area (Å²) in [6.45, 7) is 3.69. The van der Waals surface area contributed by atoms with E-state index in [9.17, 15) is 9.90 Å². The van der Waals surface area contributed by atoms with E-state index in [1.807, 2.05) is 35.9 Å². The number of nitrogens with zero attached hydrogens (tertiary/aromatic N) is 1. The molecule has 0 atom stereocenters. The molecule has 2 heterocycles. The highest BCUT2D eigenvalue weighted by atomic mass is 16.5. The molecule has 2 aromatic rings. The number of para-hydroxylation sites is 1. The molecule has 1 aliphatic heterocycles. The van der Waals surface area contributed by atoms with Gasteiger partial charge in [-0.15, -0.1) is 0 Å². The summed E-state index contributed by atoms with van der Waals surface area (Å²) < 4.78 is 7.19. The van der Waals surface area contributed by atoms with Crippen LogP contribution in [0.5, 0.6) is 0 Å². The van der Waals surface area contributed by atoms with E-state index in [-0.39, 0.29) is 19.0 Å². The Kier molecular flexibility index (Phi) is 4.18. The lowest BCUT2D eigenvalue weighted by atomic mass is 9.94. The van der Waals surface area contributed by atoms with E-state index < -0.39 is 5.60 Å². The van der Waals surface area contributed by atoms with Gasteiger partial charge in [0, 0.05) is 49.7 Å². The zero-order chi connectivity index (χ0) is 15.6. The van der Waals surface area contributed by atoms with Crippen molar-refractivity contribution in [2.45, 2.75) is 31.9 Å². The fourth-order valence-electron chi connectivity index (χ4n) is 2.96. The highest BCUT2D eigenvalue weighted by molar-refractivity contribution is 5.85. The van der Waals surface area contributed by atoms with Crippen LogP contribution >= 0.6 is 0 Å². The van der Waals surface area contributed by atoms with Crippen LogP contribution in [-0.4, -0.2) is 40.9 Å². The van der Waals surface area contributed by atoms with Crippen LogP contribution in [-0.2, 0) is 16.1 Å². The lowest BCUT2D eigenvalue weighted by Crippen LogP contribution is -2.47. The van der Waals surface area contributed by atoms with Crippen molar-refractivity contribution in [3.63, 3.8) is 0 Å². The minimum absolute atomic E-state index is 0.0827. The van der Waals surface area contributed by atoms with Crippen LogP contribution < -0.4 is 5.32 Å². The molecule has 22 heavy (non-hydrogen) atoms. The summed E-state index contributed by atoms with van der Waals surface area (Å²) in [5.41, 5.74) is 1.38. The Morgan fingerprint density at radius 3 is 2.86 bits per heavy atom. The van der Waals surface area contributed by atoms with Crippen LogP contribution in [0.15, 0.2) is 30.5 Å². The monoisotopic (exact) mass is 302 g/mol. The van der Waals surface area contributed by atoms with Gasteiger partial charge in [-0.2, -0.15) is 0 Å². The molecular weight excluding hydrogens is 280 g/mol. The lowest BCUT2D eigenvalue weighted by Gasteiger charge is -2.32. The number of carbonyl (C=O) groups excluding carboxylic acids is 1. The topological polar surface area (TPSA) is 63.5 Å². The average molecular weight is 302 g/mol. The van der Waals surface area contributed by atoms with Crippen LogP contribution in [0.4, 0.5) is 0 Å². The van der Waals surface area contributed by atoms with E-state index in [0.29, 0.717) is 26.1 Å². The summed E-state index contributed by atoms with van der Waals surface area (Å²) in [5, 5.41) is 14.4. The van der Waals surface area contributed by atoms with E-state index in [4.69, 9.17) is 4.74 Å². The van der Waals surface area contributed by atoms with Crippen molar-refractivity contribution in [3.8, 4) is 0 Å². The number of aryl methyl sites for hydroxylation is 1. The third-order valence-corrected chi connectivity index (χ3v) is 4.34. The molecule has 3 rings (SSSR count). The van der Waals surface area contributed by atoms with Crippen LogP contribution in [0, 0.1) is 6.92 Å². The molecule has 1 saturated heterocycles. The van der Waals surface area contributed by atoms with Gasteiger partial charge in [0.1, 0.15) is 6.54 Å². The van der Waals surface area contributed by atoms with Crippen LogP contribution in [0.25, 0.3) is 10.9 Å². The number of aliphatic hydroxyl groups is 1. The zero-order valence-corrected chi connectivity index (χ0v) is 12.8. The molecule has 0 spiro atoms. The van der Waals surface area contributed by atoms with Crippen molar-refractivity contribution in [1.29, 1.82) is 0 Å². The van der Waals surface area contributed by atoms with Gasteiger partial charge < -0.3 is 19.7 Å². The number of aromatic nitrogens is 1. The Hall–Kier alpha value is -1.85. The fraction of sp³-hybridized carbons (Fsp3) is 0.471. The van der Waals surface area contributed by atoms with Gasteiger partial charge >= 0.3 is 0 Å². The normalized spacial score (nSPS) is 17.5. The molecule has 0 unspecified atom stereocenters. The van der Waals surface area contributed by atoms with Crippen LogP contribution in [0.1, 0.15) is 18.4 Å². The zero-order valence-electron chi connectivity index (χ0n) is 12.8. The molecule has 0 radical (unpaired) electrons. The maximum atomic E-state index is 12.2. The minimum atomic E-state index is -0.831. The second-order valence-electron chi connectivity index (χ2n) is 6.07. The quantitative estimate of drug-likeness (QED) is 0.902. The smallest absolute Gasteiger partial charge is 0.240 e. The maximum absolute atomic E-state index is 12.2. The SMILES string of the molecule is Cc1cn(CC(=O)NCC2(O)CCOCC2)c2ccccc12. The highest BCUT2D eigenvalue weighted by Gasteiger charge is 2.30. The number of hydrogen-bond donors (Lipinski definition) is 2. The Morgan fingerprint density at radius 2 is 2.09 bits per heavy atom. The molecule has 0 aliphatic carbocycles. The molecule has 1 aromatic carbocycles. The molecule has 5 nitrogen and oxygen atoms in total. The Morgan fingerprint density at radius 1 is 1.36 bits per heavy atom. The number of ether oxygens (including phenoxy) is 1. The molecule has 5 heteroatoms. The first-order chi connectivity index (χ1) is 10.6. The van der Waals surface area contributed by atoms with E-state index in [2.05, 4.69) is 11.4 Å². The van der Waals surface area contributed by atoms with Gasteiger partial charge in [-0.05, 0) is 18.6 Å². The molecule has 0 bridgehead atoms. The molecule has 0 saturated carbocycles. The Balaban J connectivity index is 1.63. The fourth-order valence-corrected chi connectivity index (χ4v) is 2.96. The molecule has 1 aromatic heterocycles. The van der Waals surface area contributed by atoms with E-state index >= 15 is 0 Å². The summed E-state index contributed by atoms with van der Waals surface area (Å²) >= 11 is 0. The standard InChI is InChI=1S/C17H22N2O3/c1-13-10-19(15-5-3-2-4-14(13)15)11-16(20)18-12-17(21)6-8-22-9-7-17/h2-5,10,21H,6-9,11-12H2,1H3,(H,18,20). The molecule has 118 valence electrons. The average Bonchev–Trinajstić information content (AvgIpc) is 2.83. The third kappa shape index (κ3) is 3.15. The maximum Gasteiger partial charge on any atom is 0.240 e. The number of amides is 1. The number of fused-ring (bicyclic) bond motifs is 1. The van der Waals surface area contributed by atoms with Crippen LogP contribution in [0.3, 0.4) is 0 Å². The highest BCUT2D eigenvalue weighted by Crippen LogP contribution is 2.21. The molecule has 1 fully saturated rings. The second kappa shape index (κ2) is 6.10.